The van der Waals surface area contributed by atoms with Gasteiger partial charge in [-0.1, -0.05) is 18.2 Å². The van der Waals surface area contributed by atoms with E-state index < -0.39 is 0 Å². The van der Waals surface area contributed by atoms with Crippen molar-refractivity contribution in [1.29, 1.82) is 5.41 Å². The minimum absolute atomic E-state index is 0.114. The molecule has 0 aliphatic heterocycles. The summed E-state index contributed by atoms with van der Waals surface area (Å²) in [6, 6.07) is 14.7. The molecule has 0 saturated heterocycles. The van der Waals surface area contributed by atoms with Gasteiger partial charge >= 0.3 is 0 Å². The number of nitrogens with two attached hydrogens (primary N) is 1. The fourth-order valence-corrected chi connectivity index (χ4v) is 2.98. The molecule has 2 aromatic rings. The van der Waals surface area contributed by atoms with Gasteiger partial charge in [-0.15, -0.1) is 0 Å². The van der Waals surface area contributed by atoms with Crippen molar-refractivity contribution in [2.45, 2.75) is 25.8 Å². The molecule has 0 radical (unpaired) electrons. The van der Waals surface area contributed by atoms with Crippen LogP contribution in [0.4, 0.5) is 5.69 Å². The predicted molar refractivity (Wildman–Crippen MR) is 88.0 cm³/mol. The summed E-state index contributed by atoms with van der Waals surface area (Å²) in [5.74, 6) is 0.114. The molecule has 0 bridgehead atoms. The standard InChI is InChI=1S/C18H21N3/c1-21(17-9-7-15(8-10-17)18(19)20)12-13-5-6-14-3-2-4-16(14)11-13/h5-11H,2-4,12H2,1H3,(H3,19,20). The monoisotopic (exact) mass is 279 g/mol. The third kappa shape index (κ3) is 2.92. The molecule has 0 fully saturated rings. The Kier molecular flexibility index (Phi) is 3.65. The molecule has 0 amide bonds. The number of fused-ring (bicyclic) bond motifs is 1. The van der Waals surface area contributed by atoms with E-state index >= 15 is 0 Å². The highest BCUT2D eigenvalue weighted by Gasteiger charge is 2.11. The Balaban J connectivity index is 1.73. The molecule has 0 saturated carbocycles. The van der Waals surface area contributed by atoms with Gasteiger partial charge in [0.25, 0.3) is 0 Å². The van der Waals surface area contributed by atoms with Crippen LogP contribution in [0.3, 0.4) is 0 Å². The lowest BCUT2D eigenvalue weighted by Crippen LogP contribution is -2.17. The maximum Gasteiger partial charge on any atom is 0.122 e. The minimum atomic E-state index is 0.114. The van der Waals surface area contributed by atoms with Crippen molar-refractivity contribution in [2.24, 2.45) is 5.73 Å². The van der Waals surface area contributed by atoms with Crippen molar-refractivity contribution in [1.82, 2.24) is 0 Å². The molecule has 3 N–H and O–H groups in total. The summed E-state index contributed by atoms with van der Waals surface area (Å²) in [4.78, 5) is 2.22. The van der Waals surface area contributed by atoms with Gasteiger partial charge in [0.05, 0.1) is 0 Å². The maximum atomic E-state index is 7.43. The molecule has 3 heteroatoms. The average Bonchev–Trinajstić information content (AvgIpc) is 2.95. The van der Waals surface area contributed by atoms with E-state index in [1.54, 1.807) is 0 Å². The fourth-order valence-electron chi connectivity index (χ4n) is 2.98. The molecule has 1 aliphatic rings. The van der Waals surface area contributed by atoms with Crippen molar-refractivity contribution in [2.75, 3.05) is 11.9 Å². The highest BCUT2D eigenvalue weighted by molar-refractivity contribution is 5.95. The highest BCUT2D eigenvalue weighted by atomic mass is 15.1. The quantitative estimate of drug-likeness (QED) is 0.667. The molecular formula is C18H21N3. The smallest absolute Gasteiger partial charge is 0.122 e. The number of hydrogen-bond donors (Lipinski definition) is 2. The molecule has 0 unspecified atom stereocenters. The summed E-state index contributed by atoms with van der Waals surface area (Å²) < 4.78 is 0. The normalized spacial score (nSPS) is 13.0. The van der Waals surface area contributed by atoms with Gasteiger partial charge < -0.3 is 10.6 Å². The first-order valence-corrected chi connectivity index (χ1v) is 7.40. The van der Waals surface area contributed by atoms with Crippen LogP contribution in [0.25, 0.3) is 0 Å². The lowest BCUT2D eigenvalue weighted by atomic mass is 10.1. The first kappa shape index (κ1) is 13.7. The summed E-state index contributed by atoms with van der Waals surface area (Å²) >= 11 is 0. The van der Waals surface area contributed by atoms with E-state index in [1.165, 1.54) is 36.0 Å². The summed E-state index contributed by atoms with van der Waals surface area (Å²) in [5.41, 5.74) is 11.8. The van der Waals surface area contributed by atoms with Crippen LogP contribution in [0, 0.1) is 5.41 Å². The van der Waals surface area contributed by atoms with E-state index in [-0.39, 0.29) is 5.84 Å². The first-order valence-electron chi connectivity index (χ1n) is 7.40. The molecule has 0 aromatic heterocycles. The molecule has 0 heterocycles. The molecular weight excluding hydrogens is 258 g/mol. The van der Waals surface area contributed by atoms with Crippen LogP contribution >= 0.6 is 0 Å². The first-order chi connectivity index (χ1) is 10.1. The molecule has 0 spiro atoms. The SMILES string of the molecule is CN(Cc1ccc2c(c1)CCC2)c1ccc(C(=N)N)cc1. The van der Waals surface area contributed by atoms with Crippen molar-refractivity contribution in [3.05, 3.63) is 64.7 Å². The van der Waals surface area contributed by atoms with Gasteiger partial charge in [-0.05, 0) is 60.2 Å². The van der Waals surface area contributed by atoms with Gasteiger partial charge in [-0.3, -0.25) is 5.41 Å². The molecule has 1 aliphatic carbocycles. The van der Waals surface area contributed by atoms with Crippen LogP contribution < -0.4 is 10.6 Å². The van der Waals surface area contributed by atoms with Crippen LogP contribution in [0.1, 0.15) is 28.7 Å². The van der Waals surface area contributed by atoms with Crippen LogP contribution in [0.15, 0.2) is 42.5 Å². The molecule has 3 nitrogen and oxygen atoms in total. The Bertz CT molecular complexity index is 659. The second kappa shape index (κ2) is 5.60. The summed E-state index contributed by atoms with van der Waals surface area (Å²) in [7, 11) is 2.09. The van der Waals surface area contributed by atoms with Crippen LogP contribution in [-0.2, 0) is 19.4 Å². The summed E-state index contributed by atoms with van der Waals surface area (Å²) in [5, 5.41) is 7.43. The van der Waals surface area contributed by atoms with E-state index in [4.69, 9.17) is 11.1 Å². The third-order valence-corrected chi connectivity index (χ3v) is 4.20. The molecule has 2 aromatic carbocycles. The number of nitrogens with one attached hydrogen (secondary N) is 1. The topological polar surface area (TPSA) is 53.1 Å². The highest BCUT2D eigenvalue weighted by Crippen LogP contribution is 2.24. The number of aryl methyl sites for hydroxylation is 2. The molecule has 3 rings (SSSR count). The van der Waals surface area contributed by atoms with Crippen LogP contribution in [0.2, 0.25) is 0 Å². The maximum absolute atomic E-state index is 7.43. The third-order valence-electron chi connectivity index (χ3n) is 4.20. The minimum Gasteiger partial charge on any atom is -0.384 e. The number of nitrogens with zero attached hydrogens (tertiary/aromatic N) is 1. The van der Waals surface area contributed by atoms with Gasteiger partial charge in [0, 0.05) is 24.8 Å². The number of rotatable bonds is 4. The predicted octanol–water partition coefficient (Wildman–Crippen LogP) is 3.10. The fraction of sp³-hybridized carbons (Fsp3) is 0.278. The van der Waals surface area contributed by atoms with E-state index in [1.807, 2.05) is 24.3 Å². The number of hydrogen-bond acceptors (Lipinski definition) is 2. The van der Waals surface area contributed by atoms with Gasteiger partial charge in [0.2, 0.25) is 0 Å². The van der Waals surface area contributed by atoms with Crippen LogP contribution in [0.5, 0.6) is 0 Å². The van der Waals surface area contributed by atoms with E-state index in [0.717, 1.165) is 17.8 Å². The zero-order valence-corrected chi connectivity index (χ0v) is 12.4. The Morgan fingerprint density at radius 1 is 1.10 bits per heavy atom. The molecule has 21 heavy (non-hydrogen) atoms. The van der Waals surface area contributed by atoms with Crippen molar-refractivity contribution in [3.63, 3.8) is 0 Å². The van der Waals surface area contributed by atoms with Crippen molar-refractivity contribution in [3.8, 4) is 0 Å². The van der Waals surface area contributed by atoms with Gasteiger partial charge in [-0.2, -0.15) is 0 Å². The average molecular weight is 279 g/mol. The van der Waals surface area contributed by atoms with Crippen molar-refractivity contribution < 1.29 is 0 Å². The summed E-state index contributed by atoms with van der Waals surface area (Å²) in [6.45, 7) is 0.896. The lowest BCUT2D eigenvalue weighted by Gasteiger charge is -2.20. The zero-order chi connectivity index (χ0) is 14.8. The largest absolute Gasteiger partial charge is 0.384 e. The Morgan fingerprint density at radius 2 is 1.81 bits per heavy atom. The van der Waals surface area contributed by atoms with E-state index in [9.17, 15) is 0 Å². The summed E-state index contributed by atoms with van der Waals surface area (Å²) in [6.07, 6.45) is 3.75. The van der Waals surface area contributed by atoms with E-state index in [2.05, 4.69) is 30.1 Å². The van der Waals surface area contributed by atoms with E-state index in [0.29, 0.717) is 0 Å². The molecule has 108 valence electrons. The number of anilines is 1. The Morgan fingerprint density at radius 3 is 2.52 bits per heavy atom. The lowest BCUT2D eigenvalue weighted by molar-refractivity contribution is 0.907. The second-order valence-electron chi connectivity index (χ2n) is 5.77. The van der Waals surface area contributed by atoms with Gasteiger partial charge in [0.1, 0.15) is 5.84 Å². The van der Waals surface area contributed by atoms with Gasteiger partial charge in [0.15, 0.2) is 0 Å². The second-order valence-corrected chi connectivity index (χ2v) is 5.77. The van der Waals surface area contributed by atoms with Crippen molar-refractivity contribution >= 4 is 11.5 Å². The Labute approximate surface area is 125 Å². The van der Waals surface area contributed by atoms with Gasteiger partial charge in [-0.25, -0.2) is 0 Å². The van der Waals surface area contributed by atoms with Crippen LogP contribution in [-0.4, -0.2) is 12.9 Å². The number of amidine groups is 1. The zero-order valence-electron chi connectivity index (χ0n) is 12.4. The number of nitrogen functional groups attached to an aromatic ring is 1. The molecule has 0 atom stereocenters. The Hall–Kier alpha value is -2.29. The number of benzene rings is 2.